The van der Waals surface area contributed by atoms with Gasteiger partial charge in [-0.15, -0.1) is 0 Å². The highest BCUT2D eigenvalue weighted by Crippen LogP contribution is 2.15. The topological polar surface area (TPSA) is 105 Å². The molecule has 28 heavy (non-hydrogen) atoms. The number of nitrogens with one attached hydrogen (secondary N) is 2. The summed E-state index contributed by atoms with van der Waals surface area (Å²) in [6, 6.07) is 5.81. The number of nitrogens with zero attached hydrogens (tertiary/aromatic N) is 1. The van der Waals surface area contributed by atoms with Crippen LogP contribution in [0.4, 0.5) is 4.79 Å². The number of likely N-dealkylation sites (tertiary alicyclic amines) is 1. The standard InChI is InChI=1S/C19H29N3O5S/c1-5-27-18(24)22-12-10-15(11-13-22)20-17(23)14-6-8-16(9-7-14)28(25,26)21-19(2,3)4/h6-9,15,21H,5,10-13H2,1-4H3,(H,20,23). The first-order valence-electron chi connectivity index (χ1n) is 9.38. The third kappa shape index (κ3) is 6.20. The molecule has 0 radical (unpaired) electrons. The first-order valence-corrected chi connectivity index (χ1v) is 10.9. The maximum absolute atomic E-state index is 12.4. The van der Waals surface area contributed by atoms with Crippen LogP contribution in [0.1, 0.15) is 50.9 Å². The summed E-state index contributed by atoms with van der Waals surface area (Å²) < 4.78 is 32.2. The lowest BCUT2D eigenvalue weighted by atomic mass is 10.0. The minimum atomic E-state index is -3.64. The lowest BCUT2D eigenvalue weighted by Gasteiger charge is -2.31. The van der Waals surface area contributed by atoms with Gasteiger partial charge >= 0.3 is 6.09 Å². The van der Waals surface area contributed by atoms with Crippen LogP contribution >= 0.6 is 0 Å². The van der Waals surface area contributed by atoms with E-state index >= 15 is 0 Å². The average molecular weight is 412 g/mol. The number of sulfonamides is 1. The van der Waals surface area contributed by atoms with Crippen molar-refractivity contribution in [1.29, 1.82) is 0 Å². The van der Waals surface area contributed by atoms with Crippen molar-refractivity contribution in [3.8, 4) is 0 Å². The summed E-state index contributed by atoms with van der Waals surface area (Å²) in [7, 11) is -3.64. The van der Waals surface area contributed by atoms with E-state index in [4.69, 9.17) is 4.74 Å². The van der Waals surface area contributed by atoms with Crippen LogP contribution in [0, 0.1) is 0 Å². The highest BCUT2D eigenvalue weighted by Gasteiger charge is 2.25. The molecule has 1 aliphatic heterocycles. The molecule has 1 fully saturated rings. The molecular formula is C19H29N3O5S. The molecule has 1 aromatic rings. The predicted octanol–water partition coefficient (Wildman–Crippen LogP) is 2.11. The van der Waals surface area contributed by atoms with Gasteiger partial charge in [0.15, 0.2) is 0 Å². The third-order valence-corrected chi connectivity index (χ3v) is 6.00. The summed E-state index contributed by atoms with van der Waals surface area (Å²) in [5, 5.41) is 2.94. The Kier molecular flexibility index (Phi) is 7.06. The molecule has 0 aliphatic carbocycles. The molecule has 0 saturated carbocycles. The molecule has 9 heteroatoms. The number of piperidine rings is 1. The fourth-order valence-corrected chi connectivity index (χ4v) is 4.36. The largest absolute Gasteiger partial charge is 0.450 e. The van der Waals surface area contributed by atoms with Gasteiger partial charge in [0, 0.05) is 30.2 Å². The second-order valence-electron chi connectivity index (χ2n) is 7.81. The summed E-state index contributed by atoms with van der Waals surface area (Å²) in [4.78, 5) is 25.9. The quantitative estimate of drug-likeness (QED) is 0.772. The highest BCUT2D eigenvalue weighted by molar-refractivity contribution is 7.89. The Morgan fingerprint density at radius 2 is 1.71 bits per heavy atom. The first kappa shape index (κ1) is 22.2. The van der Waals surface area contributed by atoms with Crippen LogP contribution in [-0.2, 0) is 14.8 Å². The van der Waals surface area contributed by atoms with Crippen LogP contribution in [-0.4, -0.2) is 56.6 Å². The smallest absolute Gasteiger partial charge is 0.409 e. The van der Waals surface area contributed by atoms with Gasteiger partial charge in [0.2, 0.25) is 10.0 Å². The predicted molar refractivity (Wildman–Crippen MR) is 106 cm³/mol. The molecule has 156 valence electrons. The van der Waals surface area contributed by atoms with E-state index in [1.807, 2.05) is 0 Å². The molecule has 0 atom stereocenters. The van der Waals surface area contributed by atoms with Gasteiger partial charge in [-0.1, -0.05) is 0 Å². The van der Waals surface area contributed by atoms with E-state index in [1.165, 1.54) is 24.3 Å². The van der Waals surface area contributed by atoms with Gasteiger partial charge in [-0.05, 0) is 64.8 Å². The van der Waals surface area contributed by atoms with Crippen LogP contribution < -0.4 is 10.0 Å². The molecule has 1 heterocycles. The van der Waals surface area contributed by atoms with E-state index in [9.17, 15) is 18.0 Å². The van der Waals surface area contributed by atoms with Crippen LogP contribution in [0.2, 0.25) is 0 Å². The second kappa shape index (κ2) is 8.91. The number of hydrogen-bond acceptors (Lipinski definition) is 5. The Bertz CT molecular complexity index is 792. The molecular weight excluding hydrogens is 382 g/mol. The SMILES string of the molecule is CCOC(=O)N1CCC(NC(=O)c2ccc(S(=O)(=O)NC(C)(C)C)cc2)CC1. The molecule has 0 spiro atoms. The van der Waals surface area contributed by atoms with Crippen molar-refractivity contribution in [2.45, 2.75) is 57.0 Å². The van der Waals surface area contributed by atoms with Crippen molar-refractivity contribution >= 4 is 22.0 Å². The van der Waals surface area contributed by atoms with Crippen molar-refractivity contribution in [2.24, 2.45) is 0 Å². The van der Waals surface area contributed by atoms with Crippen molar-refractivity contribution in [2.75, 3.05) is 19.7 Å². The van der Waals surface area contributed by atoms with Crippen molar-refractivity contribution in [3.05, 3.63) is 29.8 Å². The van der Waals surface area contributed by atoms with E-state index in [-0.39, 0.29) is 22.9 Å². The molecule has 1 aliphatic rings. The van der Waals surface area contributed by atoms with Crippen LogP contribution in [0.3, 0.4) is 0 Å². The van der Waals surface area contributed by atoms with Gasteiger partial charge < -0.3 is 15.0 Å². The summed E-state index contributed by atoms with van der Waals surface area (Å²) in [5.41, 5.74) is -0.199. The minimum absolute atomic E-state index is 0.0378. The lowest BCUT2D eigenvalue weighted by Crippen LogP contribution is -2.46. The Morgan fingerprint density at radius 3 is 2.21 bits per heavy atom. The summed E-state index contributed by atoms with van der Waals surface area (Å²) in [5.74, 6) is -0.262. The Labute approximate surface area is 166 Å². The summed E-state index contributed by atoms with van der Waals surface area (Å²) >= 11 is 0. The van der Waals surface area contributed by atoms with E-state index in [2.05, 4.69) is 10.0 Å². The van der Waals surface area contributed by atoms with Crippen LogP contribution in [0.25, 0.3) is 0 Å². The third-order valence-electron chi connectivity index (χ3n) is 4.22. The number of carbonyl (C=O) groups is 2. The van der Waals surface area contributed by atoms with Gasteiger partial charge in [0.25, 0.3) is 5.91 Å². The summed E-state index contributed by atoms with van der Waals surface area (Å²) in [6.45, 7) is 8.45. The molecule has 2 N–H and O–H groups in total. The molecule has 0 unspecified atom stereocenters. The zero-order valence-corrected chi connectivity index (χ0v) is 17.6. The fourth-order valence-electron chi connectivity index (χ4n) is 2.94. The van der Waals surface area contributed by atoms with Gasteiger partial charge in [0.1, 0.15) is 0 Å². The maximum atomic E-state index is 12.4. The maximum Gasteiger partial charge on any atom is 0.409 e. The molecule has 8 nitrogen and oxygen atoms in total. The Hall–Kier alpha value is -2.13. The zero-order chi connectivity index (χ0) is 20.9. The average Bonchev–Trinajstić information content (AvgIpc) is 2.60. The van der Waals surface area contributed by atoms with Gasteiger partial charge in [-0.3, -0.25) is 4.79 Å². The van der Waals surface area contributed by atoms with E-state index in [0.717, 1.165) is 0 Å². The normalized spacial score (nSPS) is 15.9. The highest BCUT2D eigenvalue weighted by atomic mass is 32.2. The summed E-state index contributed by atoms with van der Waals surface area (Å²) in [6.07, 6.45) is 0.965. The number of carbonyl (C=O) groups excluding carboxylic acids is 2. The number of hydrogen-bond donors (Lipinski definition) is 2. The number of amides is 2. The Morgan fingerprint density at radius 1 is 1.14 bits per heavy atom. The zero-order valence-electron chi connectivity index (χ0n) is 16.8. The van der Waals surface area contributed by atoms with Crippen molar-refractivity contribution < 1.29 is 22.7 Å². The lowest BCUT2D eigenvalue weighted by molar-refractivity contribution is 0.0860. The van der Waals surface area contributed by atoms with E-state index in [1.54, 1.807) is 32.6 Å². The molecule has 2 rings (SSSR count). The van der Waals surface area contributed by atoms with Crippen molar-refractivity contribution in [1.82, 2.24) is 14.9 Å². The molecule has 2 amide bonds. The monoisotopic (exact) mass is 411 g/mol. The van der Waals surface area contributed by atoms with Crippen molar-refractivity contribution in [3.63, 3.8) is 0 Å². The molecule has 1 saturated heterocycles. The number of ether oxygens (including phenoxy) is 1. The molecule has 1 aromatic carbocycles. The van der Waals surface area contributed by atoms with Crippen LogP contribution in [0.5, 0.6) is 0 Å². The minimum Gasteiger partial charge on any atom is -0.450 e. The van der Waals surface area contributed by atoms with Crippen LogP contribution in [0.15, 0.2) is 29.2 Å². The second-order valence-corrected chi connectivity index (χ2v) is 9.50. The Balaban J connectivity index is 1.93. The first-order chi connectivity index (χ1) is 13.0. The van der Waals surface area contributed by atoms with E-state index < -0.39 is 15.6 Å². The van der Waals surface area contributed by atoms with E-state index in [0.29, 0.717) is 38.1 Å². The molecule has 0 aromatic heterocycles. The van der Waals surface area contributed by atoms with Gasteiger partial charge in [-0.2, -0.15) is 0 Å². The fraction of sp³-hybridized carbons (Fsp3) is 0.579. The van der Waals surface area contributed by atoms with Gasteiger partial charge in [-0.25, -0.2) is 17.9 Å². The number of benzene rings is 1. The molecule has 0 bridgehead atoms. The van der Waals surface area contributed by atoms with Gasteiger partial charge in [0.05, 0.1) is 11.5 Å². The number of rotatable bonds is 5.